The highest BCUT2D eigenvalue weighted by Gasteiger charge is 2.13. The van der Waals surface area contributed by atoms with E-state index >= 15 is 0 Å². The van der Waals surface area contributed by atoms with Crippen molar-refractivity contribution in [1.82, 2.24) is 29.7 Å². The van der Waals surface area contributed by atoms with Gasteiger partial charge in [-0.15, -0.1) is 0 Å². The minimum atomic E-state index is 0.671. The lowest BCUT2D eigenvalue weighted by atomic mass is 10.2. The fourth-order valence-electron chi connectivity index (χ4n) is 2.98. The van der Waals surface area contributed by atoms with E-state index in [2.05, 4.69) is 50.8 Å². The summed E-state index contributed by atoms with van der Waals surface area (Å²) in [5.74, 6) is 1.45. The van der Waals surface area contributed by atoms with Crippen LogP contribution in [0, 0.1) is 6.92 Å². The molecule has 28 heavy (non-hydrogen) atoms. The average Bonchev–Trinajstić information content (AvgIpc) is 3.11. The van der Waals surface area contributed by atoms with Crippen LogP contribution in [0.5, 0.6) is 5.75 Å². The Hall–Kier alpha value is -2.77. The number of ether oxygens (including phenoxy) is 1. The first-order valence-electron chi connectivity index (χ1n) is 9.37. The van der Waals surface area contributed by atoms with Crippen LogP contribution in [0.3, 0.4) is 0 Å². The Morgan fingerprint density at radius 3 is 2.39 bits per heavy atom. The Bertz CT molecular complexity index is 875. The van der Waals surface area contributed by atoms with E-state index in [0.717, 1.165) is 54.4 Å². The van der Waals surface area contributed by atoms with Crippen molar-refractivity contribution < 1.29 is 4.74 Å². The van der Waals surface area contributed by atoms with Gasteiger partial charge < -0.3 is 14.6 Å². The molecule has 0 saturated heterocycles. The van der Waals surface area contributed by atoms with Crippen molar-refractivity contribution in [2.75, 3.05) is 34.3 Å². The van der Waals surface area contributed by atoms with Gasteiger partial charge in [0.2, 0.25) is 0 Å². The molecule has 0 aliphatic carbocycles. The lowest BCUT2D eigenvalue weighted by molar-refractivity contribution is 0.223. The number of methoxy groups -OCH3 is 1. The van der Waals surface area contributed by atoms with Crippen LogP contribution in [-0.2, 0) is 13.1 Å². The standard InChI is InChI=1S/C21H28N6O/c1-16-19(25-15-24-16)14-27(10-9-26(2)3)13-17-11-22-21(23-12-17)18-7-5-6-8-20(18)28-4/h5-8,11-12,15H,9-10,13-14H2,1-4H3,(H,24,25). The Kier molecular flexibility index (Phi) is 6.73. The molecule has 2 heterocycles. The molecule has 1 N–H and O–H groups in total. The van der Waals surface area contributed by atoms with E-state index in [-0.39, 0.29) is 0 Å². The zero-order chi connectivity index (χ0) is 19.9. The third-order valence-corrected chi connectivity index (χ3v) is 4.63. The second kappa shape index (κ2) is 9.43. The van der Waals surface area contributed by atoms with Crippen LogP contribution in [0.25, 0.3) is 11.4 Å². The molecule has 3 rings (SSSR count). The maximum absolute atomic E-state index is 5.42. The molecule has 2 aromatic heterocycles. The first kappa shape index (κ1) is 20.0. The zero-order valence-electron chi connectivity index (χ0n) is 17.0. The molecule has 0 aliphatic rings. The molecule has 0 spiro atoms. The highest BCUT2D eigenvalue weighted by atomic mass is 16.5. The maximum atomic E-state index is 5.42. The molecule has 148 valence electrons. The monoisotopic (exact) mass is 380 g/mol. The van der Waals surface area contributed by atoms with E-state index < -0.39 is 0 Å². The van der Waals surface area contributed by atoms with Gasteiger partial charge in [-0.2, -0.15) is 0 Å². The Morgan fingerprint density at radius 1 is 1.00 bits per heavy atom. The molecule has 0 atom stereocenters. The fourth-order valence-corrected chi connectivity index (χ4v) is 2.98. The molecule has 0 bridgehead atoms. The summed E-state index contributed by atoms with van der Waals surface area (Å²) in [5.41, 5.74) is 4.15. The van der Waals surface area contributed by atoms with Crippen molar-refractivity contribution in [2.24, 2.45) is 0 Å². The molecular weight excluding hydrogens is 352 g/mol. The number of imidazole rings is 1. The number of aryl methyl sites for hydroxylation is 1. The van der Waals surface area contributed by atoms with Gasteiger partial charge in [-0.1, -0.05) is 12.1 Å². The van der Waals surface area contributed by atoms with Crippen LogP contribution in [0.2, 0.25) is 0 Å². The smallest absolute Gasteiger partial charge is 0.162 e. The van der Waals surface area contributed by atoms with Gasteiger partial charge in [0, 0.05) is 49.8 Å². The van der Waals surface area contributed by atoms with E-state index in [1.165, 1.54) is 0 Å². The van der Waals surface area contributed by atoms with E-state index in [0.29, 0.717) is 5.82 Å². The molecule has 0 amide bonds. The maximum Gasteiger partial charge on any atom is 0.162 e. The van der Waals surface area contributed by atoms with E-state index in [1.54, 1.807) is 13.4 Å². The predicted octanol–water partition coefficient (Wildman–Crippen LogP) is 2.75. The van der Waals surface area contributed by atoms with Crippen molar-refractivity contribution in [3.05, 3.63) is 59.9 Å². The van der Waals surface area contributed by atoms with Gasteiger partial charge in [0.1, 0.15) is 5.75 Å². The largest absolute Gasteiger partial charge is 0.496 e. The molecule has 3 aromatic rings. The van der Waals surface area contributed by atoms with Gasteiger partial charge in [-0.3, -0.25) is 4.90 Å². The Balaban J connectivity index is 1.74. The second-order valence-electron chi connectivity index (χ2n) is 7.10. The summed E-state index contributed by atoms with van der Waals surface area (Å²) in [6.45, 7) is 5.53. The highest BCUT2D eigenvalue weighted by molar-refractivity contribution is 5.63. The topological polar surface area (TPSA) is 70.2 Å². The first-order valence-corrected chi connectivity index (χ1v) is 9.37. The molecule has 1 aromatic carbocycles. The SMILES string of the molecule is COc1ccccc1-c1ncc(CN(CCN(C)C)Cc2nc[nH]c2C)cn1. The van der Waals surface area contributed by atoms with E-state index in [1.807, 2.05) is 36.7 Å². The van der Waals surface area contributed by atoms with Crippen LogP contribution in [0.4, 0.5) is 0 Å². The van der Waals surface area contributed by atoms with Crippen LogP contribution < -0.4 is 4.74 Å². The zero-order valence-corrected chi connectivity index (χ0v) is 17.0. The Morgan fingerprint density at radius 2 is 1.75 bits per heavy atom. The van der Waals surface area contributed by atoms with Crippen molar-refractivity contribution in [2.45, 2.75) is 20.0 Å². The lowest BCUT2D eigenvalue weighted by Crippen LogP contribution is -2.31. The van der Waals surface area contributed by atoms with E-state index in [4.69, 9.17) is 4.74 Å². The average molecular weight is 380 g/mol. The number of aromatic nitrogens is 4. The summed E-state index contributed by atoms with van der Waals surface area (Å²) < 4.78 is 5.42. The van der Waals surface area contributed by atoms with Crippen LogP contribution >= 0.6 is 0 Å². The summed E-state index contributed by atoms with van der Waals surface area (Å²) in [6.07, 6.45) is 5.55. The number of aromatic amines is 1. The summed E-state index contributed by atoms with van der Waals surface area (Å²) in [7, 11) is 5.83. The summed E-state index contributed by atoms with van der Waals surface area (Å²) >= 11 is 0. The van der Waals surface area contributed by atoms with Crippen molar-refractivity contribution in [3.63, 3.8) is 0 Å². The molecule has 7 heteroatoms. The van der Waals surface area contributed by atoms with E-state index in [9.17, 15) is 0 Å². The van der Waals surface area contributed by atoms with Gasteiger partial charge in [-0.25, -0.2) is 15.0 Å². The number of hydrogen-bond acceptors (Lipinski definition) is 6. The summed E-state index contributed by atoms with van der Waals surface area (Å²) in [4.78, 5) is 21.3. The summed E-state index contributed by atoms with van der Waals surface area (Å²) in [6, 6.07) is 7.79. The molecule has 0 fully saturated rings. The normalized spacial score (nSPS) is 11.4. The molecule has 0 aliphatic heterocycles. The third-order valence-electron chi connectivity index (χ3n) is 4.63. The van der Waals surface area contributed by atoms with Gasteiger partial charge in [-0.05, 0) is 33.2 Å². The highest BCUT2D eigenvalue weighted by Crippen LogP contribution is 2.26. The molecule has 0 saturated carbocycles. The van der Waals surface area contributed by atoms with Gasteiger partial charge >= 0.3 is 0 Å². The molecule has 7 nitrogen and oxygen atoms in total. The quantitative estimate of drug-likeness (QED) is 0.616. The van der Waals surface area contributed by atoms with Crippen molar-refractivity contribution >= 4 is 0 Å². The molecule has 0 radical (unpaired) electrons. The van der Waals surface area contributed by atoms with Gasteiger partial charge in [0.05, 0.1) is 24.7 Å². The second-order valence-corrected chi connectivity index (χ2v) is 7.10. The number of hydrogen-bond donors (Lipinski definition) is 1. The Labute approximate surface area is 166 Å². The van der Waals surface area contributed by atoms with Crippen molar-refractivity contribution in [1.29, 1.82) is 0 Å². The fraction of sp³-hybridized carbons (Fsp3) is 0.381. The predicted molar refractivity (Wildman–Crippen MR) is 110 cm³/mol. The number of likely N-dealkylation sites (N-methyl/N-ethyl adjacent to an activating group) is 1. The van der Waals surface area contributed by atoms with Crippen LogP contribution in [0.1, 0.15) is 17.0 Å². The molecule has 0 unspecified atom stereocenters. The van der Waals surface area contributed by atoms with Crippen LogP contribution in [-0.4, -0.2) is 64.0 Å². The third kappa shape index (κ3) is 5.15. The number of benzene rings is 1. The van der Waals surface area contributed by atoms with Gasteiger partial charge in [0.15, 0.2) is 5.82 Å². The summed E-state index contributed by atoms with van der Waals surface area (Å²) in [5, 5.41) is 0. The minimum absolute atomic E-state index is 0.671. The van der Waals surface area contributed by atoms with Crippen molar-refractivity contribution in [3.8, 4) is 17.1 Å². The molecular formula is C21H28N6O. The number of para-hydroxylation sites is 1. The number of rotatable bonds is 9. The minimum Gasteiger partial charge on any atom is -0.496 e. The first-order chi connectivity index (χ1) is 13.6. The number of nitrogens with one attached hydrogen (secondary N) is 1. The number of nitrogens with zero attached hydrogens (tertiary/aromatic N) is 5. The van der Waals surface area contributed by atoms with Crippen LogP contribution in [0.15, 0.2) is 43.0 Å². The lowest BCUT2D eigenvalue weighted by Gasteiger charge is -2.23. The number of H-pyrrole nitrogens is 1. The van der Waals surface area contributed by atoms with Gasteiger partial charge in [0.25, 0.3) is 0 Å².